The number of nitrogens with two attached hydrogens (primary N) is 1. The Labute approximate surface area is 103 Å². The molecular weight excluding hydrogens is 361 g/mol. The third kappa shape index (κ3) is 1.59. The molecule has 0 spiro atoms. The molecule has 0 amide bonds. The molecule has 0 aliphatic carbocycles. The van der Waals surface area contributed by atoms with Gasteiger partial charge in [0.1, 0.15) is 0 Å². The minimum Gasteiger partial charge on any atom is -0.398 e. The van der Waals surface area contributed by atoms with Crippen LogP contribution >= 0.6 is 49.9 Å². The van der Waals surface area contributed by atoms with E-state index < -0.39 is 0 Å². The molecule has 0 atom stereocenters. The summed E-state index contributed by atoms with van der Waals surface area (Å²) in [5, 5.41) is 4.21. The molecule has 1 heterocycles. The highest BCUT2D eigenvalue weighted by Crippen LogP contribution is 2.33. The summed E-state index contributed by atoms with van der Waals surface area (Å²) in [5.41, 5.74) is 8.07. The summed E-state index contributed by atoms with van der Waals surface area (Å²) in [7, 11) is 0. The van der Waals surface area contributed by atoms with Crippen LogP contribution in [-0.4, -0.2) is 0 Å². The minimum absolute atomic E-state index is 0.820. The number of hydrogen-bond donors (Lipinski definition) is 1. The number of nitrogen functional groups attached to an aromatic ring is 1. The molecule has 0 aliphatic heterocycles. The topological polar surface area (TPSA) is 26.0 Å². The normalized spacial score (nSPS) is 10.9. The van der Waals surface area contributed by atoms with Crippen LogP contribution in [0.3, 0.4) is 0 Å². The molecule has 0 radical (unpaired) electrons. The smallest absolute Gasteiger partial charge is 0.0541 e. The van der Waals surface area contributed by atoms with Crippen molar-refractivity contribution in [2.24, 2.45) is 0 Å². The zero-order valence-corrected chi connectivity index (χ0v) is 11.2. The van der Waals surface area contributed by atoms with Gasteiger partial charge in [0.2, 0.25) is 0 Å². The van der Waals surface area contributed by atoms with Crippen LogP contribution in [0.1, 0.15) is 5.56 Å². The summed E-state index contributed by atoms with van der Waals surface area (Å²) in [5.74, 6) is 0. The average molecular weight is 368 g/mol. The van der Waals surface area contributed by atoms with Crippen LogP contribution in [-0.2, 0) is 5.33 Å². The van der Waals surface area contributed by atoms with Gasteiger partial charge in [-0.05, 0) is 51.1 Å². The van der Waals surface area contributed by atoms with Crippen LogP contribution < -0.4 is 5.73 Å². The maximum absolute atomic E-state index is 5.99. The Morgan fingerprint density at radius 1 is 1.54 bits per heavy atom. The Kier molecular flexibility index (Phi) is 2.80. The van der Waals surface area contributed by atoms with Crippen LogP contribution in [0.2, 0.25) is 0 Å². The van der Waals surface area contributed by atoms with Gasteiger partial charge in [0.15, 0.2) is 0 Å². The predicted octanol–water partition coefficient (Wildman–Crippen LogP) is 3.98. The van der Waals surface area contributed by atoms with Crippen molar-refractivity contribution in [1.29, 1.82) is 0 Å². The van der Waals surface area contributed by atoms with Crippen molar-refractivity contribution >= 4 is 65.6 Å². The lowest BCUT2D eigenvalue weighted by Crippen LogP contribution is -1.94. The molecular formula is C9H7BrINS. The number of alkyl halides is 1. The molecule has 4 heteroatoms. The van der Waals surface area contributed by atoms with Gasteiger partial charge in [0.05, 0.1) is 9.26 Å². The van der Waals surface area contributed by atoms with E-state index in [9.17, 15) is 0 Å². The Balaban J connectivity index is 2.83. The van der Waals surface area contributed by atoms with Gasteiger partial charge in [-0.3, -0.25) is 0 Å². The molecule has 0 unspecified atom stereocenters. The monoisotopic (exact) mass is 367 g/mol. The van der Waals surface area contributed by atoms with E-state index in [2.05, 4.69) is 56.0 Å². The molecule has 2 aromatic rings. The van der Waals surface area contributed by atoms with Gasteiger partial charge in [0.25, 0.3) is 0 Å². The molecule has 68 valence electrons. The molecule has 2 N–H and O–H groups in total. The highest BCUT2D eigenvalue weighted by Gasteiger charge is 2.08. The zero-order chi connectivity index (χ0) is 9.42. The molecule has 0 aliphatic rings. The predicted molar refractivity (Wildman–Crippen MR) is 71.6 cm³/mol. The molecule has 1 nitrogen and oxygen atoms in total. The fourth-order valence-corrected chi connectivity index (χ4v) is 3.58. The van der Waals surface area contributed by atoms with Crippen LogP contribution in [0.4, 0.5) is 5.69 Å². The summed E-state index contributed by atoms with van der Waals surface area (Å²) in [4.78, 5) is 0. The van der Waals surface area contributed by atoms with Gasteiger partial charge in [-0.1, -0.05) is 15.9 Å². The number of fused-ring (bicyclic) bond motifs is 1. The molecule has 13 heavy (non-hydrogen) atoms. The van der Waals surface area contributed by atoms with E-state index in [0.717, 1.165) is 11.0 Å². The number of halogens is 2. The van der Waals surface area contributed by atoms with E-state index in [1.54, 1.807) is 11.3 Å². The quantitative estimate of drug-likeness (QED) is 0.460. The molecule has 2 rings (SSSR count). The third-order valence-corrected chi connectivity index (χ3v) is 4.99. The first-order valence-corrected chi connectivity index (χ1v) is 6.82. The average Bonchev–Trinajstić information content (AvgIpc) is 2.59. The van der Waals surface area contributed by atoms with Gasteiger partial charge in [0, 0.05) is 10.0 Å². The van der Waals surface area contributed by atoms with Crippen molar-refractivity contribution in [1.82, 2.24) is 0 Å². The summed E-state index contributed by atoms with van der Waals surface area (Å²) >= 11 is 7.49. The van der Waals surface area contributed by atoms with Gasteiger partial charge >= 0.3 is 0 Å². The molecule has 1 aromatic heterocycles. The van der Waals surface area contributed by atoms with E-state index in [4.69, 9.17) is 5.73 Å². The zero-order valence-electron chi connectivity index (χ0n) is 6.68. The van der Waals surface area contributed by atoms with Crippen LogP contribution in [0.15, 0.2) is 17.5 Å². The molecule has 0 saturated carbocycles. The fraction of sp³-hybridized carbons (Fsp3) is 0.111. The second-order valence-electron chi connectivity index (χ2n) is 2.74. The Morgan fingerprint density at radius 2 is 2.31 bits per heavy atom. The van der Waals surface area contributed by atoms with E-state index in [0.29, 0.717) is 0 Å². The number of thiophene rings is 1. The number of hydrogen-bond acceptors (Lipinski definition) is 2. The van der Waals surface area contributed by atoms with Crippen molar-refractivity contribution in [3.8, 4) is 0 Å². The van der Waals surface area contributed by atoms with Gasteiger partial charge < -0.3 is 5.73 Å². The Hall–Kier alpha value is 0.190. The van der Waals surface area contributed by atoms with Crippen molar-refractivity contribution in [3.63, 3.8) is 0 Å². The second-order valence-corrected chi connectivity index (χ2v) is 5.29. The summed E-state index contributed by atoms with van der Waals surface area (Å²) in [6.07, 6.45) is 0. The Morgan fingerprint density at radius 3 is 3.00 bits per heavy atom. The lowest BCUT2D eigenvalue weighted by atomic mass is 10.1. The molecule has 1 aromatic carbocycles. The molecule has 0 fully saturated rings. The lowest BCUT2D eigenvalue weighted by Gasteiger charge is -2.05. The molecule has 0 bridgehead atoms. The van der Waals surface area contributed by atoms with Crippen LogP contribution in [0.5, 0.6) is 0 Å². The second kappa shape index (κ2) is 3.74. The van der Waals surface area contributed by atoms with E-state index in [-0.39, 0.29) is 0 Å². The van der Waals surface area contributed by atoms with E-state index in [1.165, 1.54) is 19.2 Å². The standard InChI is InChI=1S/C9H7BrINS/c10-4-6-3-5-1-2-13-9(5)7(11)8(6)12/h1-3H,4,12H2. The maximum Gasteiger partial charge on any atom is 0.0541 e. The van der Waals surface area contributed by atoms with Crippen LogP contribution in [0.25, 0.3) is 10.1 Å². The third-order valence-electron chi connectivity index (χ3n) is 1.95. The first kappa shape index (κ1) is 9.73. The van der Waals surface area contributed by atoms with Crippen molar-refractivity contribution in [3.05, 3.63) is 26.6 Å². The fourth-order valence-electron chi connectivity index (χ4n) is 1.25. The largest absolute Gasteiger partial charge is 0.398 e. The summed E-state index contributed by atoms with van der Waals surface area (Å²) < 4.78 is 2.47. The first-order valence-electron chi connectivity index (χ1n) is 3.74. The number of rotatable bonds is 1. The maximum atomic E-state index is 5.99. The van der Waals surface area contributed by atoms with Gasteiger partial charge in [-0.25, -0.2) is 0 Å². The SMILES string of the molecule is Nc1c(CBr)cc2ccsc2c1I. The highest BCUT2D eigenvalue weighted by atomic mass is 127. The Bertz CT molecular complexity index is 452. The van der Waals surface area contributed by atoms with Gasteiger partial charge in [-0.2, -0.15) is 0 Å². The minimum atomic E-state index is 0.820. The van der Waals surface area contributed by atoms with Crippen LogP contribution in [0, 0.1) is 3.57 Å². The summed E-state index contributed by atoms with van der Waals surface area (Å²) in [6, 6.07) is 4.28. The van der Waals surface area contributed by atoms with Crippen molar-refractivity contribution < 1.29 is 0 Å². The van der Waals surface area contributed by atoms with Gasteiger partial charge in [-0.15, -0.1) is 11.3 Å². The molecule has 0 saturated heterocycles. The van der Waals surface area contributed by atoms with E-state index in [1.807, 2.05) is 0 Å². The highest BCUT2D eigenvalue weighted by molar-refractivity contribution is 14.1. The lowest BCUT2D eigenvalue weighted by molar-refractivity contribution is 1.46. The number of benzene rings is 1. The number of anilines is 1. The van der Waals surface area contributed by atoms with E-state index >= 15 is 0 Å². The van der Waals surface area contributed by atoms with Crippen molar-refractivity contribution in [2.45, 2.75) is 5.33 Å². The first-order chi connectivity index (χ1) is 6.24. The van der Waals surface area contributed by atoms with Crippen molar-refractivity contribution in [2.75, 3.05) is 5.73 Å². The summed E-state index contributed by atoms with van der Waals surface area (Å²) in [6.45, 7) is 0.